The number of alkyl halides is 2. The topological polar surface area (TPSA) is 61.4 Å². The SMILES string of the molecule is OCCN(CCCOc1ccc(-c2cccc(SC3CC3)c2)c2c1[nH]c1ncc(Cl)cc12)CC(F)F. The van der Waals surface area contributed by atoms with Crippen LogP contribution in [0.1, 0.15) is 19.3 Å². The first-order chi connectivity index (χ1) is 17.5. The Kier molecular flexibility index (Phi) is 7.96. The number of benzene rings is 2. The number of aromatic amines is 1. The Bertz CT molecular complexity index is 1350. The lowest BCUT2D eigenvalue weighted by Crippen LogP contribution is -2.33. The summed E-state index contributed by atoms with van der Waals surface area (Å²) in [5, 5.41) is 12.3. The maximum absolute atomic E-state index is 12.8. The first-order valence-electron chi connectivity index (χ1n) is 12.1. The molecule has 4 aromatic rings. The van der Waals surface area contributed by atoms with Crippen LogP contribution in [0, 0.1) is 0 Å². The fourth-order valence-corrected chi connectivity index (χ4v) is 5.68. The number of pyridine rings is 1. The quantitative estimate of drug-likeness (QED) is 0.201. The van der Waals surface area contributed by atoms with Crippen molar-refractivity contribution in [2.45, 2.75) is 35.8 Å². The van der Waals surface area contributed by atoms with Gasteiger partial charge in [0.1, 0.15) is 11.4 Å². The Morgan fingerprint density at radius 2 is 2.06 bits per heavy atom. The molecule has 0 radical (unpaired) electrons. The van der Waals surface area contributed by atoms with E-state index in [0.29, 0.717) is 30.3 Å². The van der Waals surface area contributed by atoms with Crippen LogP contribution in [0.15, 0.2) is 53.6 Å². The molecule has 2 heterocycles. The van der Waals surface area contributed by atoms with E-state index in [1.165, 1.54) is 17.7 Å². The van der Waals surface area contributed by atoms with E-state index in [9.17, 15) is 8.78 Å². The number of H-pyrrole nitrogens is 1. The van der Waals surface area contributed by atoms with Crippen LogP contribution in [0.2, 0.25) is 5.02 Å². The van der Waals surface area contributed by atoms with Gasteiger partial charge in [-0.05, 0) is 60.7 Å². The molecule has 1 fully saturated rings. The summed E-state index contributed by atoms with van der Waals surface area (Å²) < 4.78 is 31.7. The maximum Gasteiger partial charge on any atom is 0.251 e. The third-order valence-electron chi connectivity index (χ3n) is 6.20. The zero-order chi connectivity index (χ0) is 25.1. The number of aliphatic hydroxyl groups is 1. The molecule has 2 N–H and O–H groups in total. The molecule has 5 nitrogen and oxygen atoms in total. The Morgan fingerprint density at radius 3 is 2.83 bits per heavy atom. The highest BCUT2D eigenvalue weighted by molar-refractivity contribution is 8.00. The van der Waals surface area contributed by atoms with Gasteiger partial charge in [-0.25, -0.2) is 13.8 Å². The molecule has 0 amide bonds. The Hall–Kier alpha value is -2.39. The van der Waals surface area contributed by atoms with Crippen molar-refractivity contribution in [3.8, 4) is 16.9 Å². The van der Waals surface area contributed by atoms with Gasteiger partial charge in [-0.2, -0.15) is 0 Å². The molecule has 5 rings (SSSR count). The highest BCUT2D eigenvalue weighted by atomic mass is 35.5. The van der Waals surface area contributed by atoms with Gasteiger partial charge >= 0.3 is 0 Å². The van der Waals surface area contributed by atoms with Crippen molar-refractivity contribution in [3.05, 3.63) is 53.7 Å². The van der Waals surface area contributed by atoms with Gasteiger partial charge in [0.05, 0.1) is 30.3 Å². The average Bonchev–Trinajstić information content (AvgIpc) is 3.59. The zero-order valence-electron chi connectivity index (χ0n) is 19.7. The van der Waals surface area contributed by atoms with E-state index >= 15 is 0 Å². The fraction of sp³-hybridized carbons (Fsp3) is 0.370. The number of thioether (sulfide) groups is 1. The van der Waals surface area contributed by atoms with E-state index in [4.69, 9.17) is 21.4 Å². The molecule has 0 saturated heterocycles. The number of halogens is 3. The standard InChI is InChI=1S/C27H28ClF2N3O2S/c28-18-14-22-25-21(17-3-1-4-20(13-17)36-19-5-6-19)7-8-23(26(25)32-27(22)31-15-18)35-12-2-9-33(10-11-34)16-24(29)30/h1,3-4,7-8,13-15,19,24,34H,2,5-6,9-12,16H2,(H,31,32). The van der Waals surface area contributed by atoms with Gasteiger partial charge in [0.15, 0.2) is 0 Å². The molecule has 2 aromatic heterocycles. The number of hydrogen-bond acceptors (Lipinski definition) is 5. The molecule has 1 saturated carbocycles. The lowest BCUT2D eigenvalue weighted by atomic mass is 9.99. The number of nitrogens with zero attached hydrogens (tertiary/aromatic N) is 2. The van der Waals surface area contributed by atoms with E-state index < -0.39 is 6.43 Å². The summed E-state index contributed by atoms with van der Waals surface area (Å²) in [6.45, 7) is 0.487. The third kappa shape index (κ3) is 5.94. The largest absolute Gasteiger partial charge is 0.491 e. The second-order valence-corrected chi connectivity index (χ2v) is 10.8. The third-order valence-corrected chi connectivity index (χ3v) is 7.73. The number of aromatic nitrogens is 2. The molecule has 0 atom stereocenters. The summed E-state index contributed by atoms with van der Waals surface area (Å²) >= 11 is 8.24. The molecule has 190 valence electrons. The van der Waals surface area contributed by atoms with Crippen LogP contribution in [0.5, 0.6) is 5.75 Å². The molecule has 0 aliphatic heterocycles. The summed E-state index contributed by atoms with van der Waals surface area (Å²) in [6, 6.07) is 14.5. The summed E-state index contributed by atoms with van der Waals surface area (Å²) in [7, 11) is 0. The number of fused-ring (bicyclic) bond motifs is 3. The molecule has 0 bridgehead atoms. The lowest BCUT2D eigenvalue weighted by Gasteiger charge is -2.20. The minimum Gasteiger partial charge on any atom is -0.491 e. The molecule has 36 heavy (non-hydrogen) atoms. The van der Waals surface area contributed by atoms with Crippen LogP contribution in [0.3, 0.4) is 0 Å². The van der Waals surface area contributed by atoms with Gasteiger partial charge in [-0.3, -0.25) is 4.90 Å². The lowest BCUT2D eigenvalue weighted by molar-refractivity contribution is 0.0755. The number of hydrogen-bond donors (Lipinski definition) is 2. The Balaban J connectivity index is 1.43. The van der Waals surface area contributed by atoms with Crippen molar-refractivity contribution in [3.63, 3.8) is 0 Å². The first-order valence-corrected chi connectivity index (χ1v) is 13.4. The molecule has 9 heteroatoms. The van der Waals surface area contributed by atoms with E-state index in [1.807, 2.05) is 23.9 Å². The van der Waals surface area contributed by atoms with E-state index in [1.54, 1.807) is 11.1 Å². The summed E-state index contributed by atoms with van der Waals surface area (Å²) in [5.41, 5.74) is 3.74. The minimum atomic E-state index is -2.43. The van der Waals surface area contributed by atoms with Crippen LogP contribution in [-0.2, 0) is 0 Å². The highest BCUT2D eigenvalue weighted by Gasteiger charge is 2.23. The minimum absolute atomic E-state index is 0.152. The van der Waals surface area contributed by atoms with Crippen LogP contribution >= 0.6 is 23.4 Å². The normalized spacial score (nSPS) is 13.9. The van der Waals surface area contributed by atoms with Gasteiger partial charge in [-0.1, -0.05) is 23.7 Å². The number of nitrogens with one attached hydrogen (secondary N) is 1. The monoisotopic (exact) mass is 531 g/mol. The van der Waals surface area contributed by atoms with Crippen molar-refractivity contribution in [2.75, 3.05) is 32.8 Å². The van der Waals surface area contributed by atoms with Gasteiger partial charge in [0, 0.05) is 40.2 Å². The van der Waals surface area contributed by atoms with Crippen molar-refractivity contribution in [2.24, 2.45) is 0 Å². The second-order valence-electron chi connectivity index (χ2n) is 9.00. The summed E-state index contributed by atoms with van der Waals surface area (Å²) in [6.07, 6.45) is 2.29. The molecule has 0 spiro atoms. The zero-order valence-corrected chi connectivity index (χ0v) is 21.3. The Labute approximate surface area is 217 Å². The number of aliphatic hydroxyl groups excluding tert-OH is 1. The van der Waals surface area contributed by atoms with Crippen LogP contribution in [0.4, 0.5) is 8.78 Å². The molecular formula is C27H28ClF2N3O2S. The molecule has 1 aliphatic rings. The summed E-state index contributed by atoms with van der Waals surface area (Å²) in [5.74, 6) is 0.675. The van der Waals surface area contributed by atoms with Crippen LogP contribution in [-0.4, -0.2) is 64.5 Å². The van der Waals surface area contributed by atoms with Gasteiger partial charge < -0.3 is 14.8 Å². The van der Waals surface area contributed by atoms with Gasteiger partial charge in [0.2, 0.25) is 0 Å². The van der Waals surface area contributed by atoms with Crippen LogP contribution < -0.4 is 4.74 Å². The number of ether oxygens (including phenoxy) is 1. The number of rotatable bonds is 12. The second kappa shape index (κ2) is 11.3. The van der Waals surface area contributed by atoms with Crippen molar-refractivity contribution < 1.29 is 18.6 Å². The van der Waals surface area contributed by atoms with Crippen molar-refractivity contribution in [1.29, 1.82) is 0 Å². The van der Waals surface area contributed by atoms with Crippen LogP contribution in [0.25, 0.3) is 33.1 Å². The van der Waals surface area contributed by atoms with Gasteiger partial charge in [-0.15, -0.1) is 11.8 Å². The Morgan fingerprint density at radius 1 is 1.19 bits per heavy atom. The molecule has 2 aromatic carbocycles. The maximum atomic E-state index is 12.8. The highest BCUT2D eigenvalue weighted by Crippen LogP contribution is 2.43. The summed E-state index contributed by atoms with van der Waals surface area (Å²) in [4.78, 5) is 10.7. The smallest absolute Gasteiger partial charge is 0.251 e. The predicted octanol–water partition coefficient (Wildman–Crippen LogP) is 6.62. The predicted molar refractivity (Wildman–Crippen MR) is 143 cm³/mol. The van der Waals surface area contributed by atoms with Crippen molar-refractivity contribution in [1.82, 2.24) is 14.9 Å². The average molecular weight is 532 g/mol. The molecule has 1 aliphatic carbocycles. The van der Waals surface area contributed by atoms with E-state index in [2.05, 4.69) is 40.3 Å². The fourth-order valence-electron chi connectivity index (χ4n) is 4.41. The van der Waals surface area contributed by atoms with E-state index in [-0.39, 0.29) is 19.7 Å². The molecule has 0 unspecified atom stereocenters. The van der Waals surface area contributed by atoms with E-state index in [0.717, 1.165) is 38.3 Å². The molecular weight excluding hydrogens is 504 g/mol. The van der Waals surface area contributed by atoms with Crippen molar-refractivity contribution >= 4 is 45.3 Å². The van der Waals surface area contributed by atoms with Gasteiger partial charge in [0.25, 0.3) is 6.43 Å². The first kappa shape index (κ1) is 25.3.